The number of rotatable bonds is 10. The van der Waals surface area contributed by atoms with E-state index in [2.05, 4.69) is 37.9 Å². The Morgan fingerprint density at radius 3 is 2.33 bits per heavy atom. The van der Waals surface area contributed by atoms with Crippen molar-refractivity contribution in [2.24, 2.45) is 11.8 Å². The Balaban J connectivity index is 1.55. The van der Waals surface area contributed by atoms with Gasteiger partial charge in [0.15, 0.2) is 0 Å². The van der Waals surface area contributed by atoms with Gasteiger partial charge in [-0.3, -0.25) is 9.59 Å². The second-order valence-electron chi connectivity index (χ2n) is 11.9. The van der Waals surface area contributed by atoms with E-state index in [1.807, 2.05) is 12.1 Å². The smallest absolute Gasteiger partial charge is 0.416 e. The van der Waals surface area contributed by atoms with E-state index in [0.29, 0.717) is 43.2 Å². The second kappa shape index (κ2) is 13.7. The number of cyclic esters (lactones) is 1. The maximum Gasteiger partial charge on any atom is 0.416 e. The molecule has 4 atom stereocenters. The number of halogens is 4. The fourth-order valence-electron chi connectivity index (χ4n) is 6.07. The van der Waals surface area contributed by atoms with Crippen LogP contribution in [0, 0.1) is 11.8 Å². The van der Waals surface area contributed by atoms with Crippen LogP contribution >= 0.6 is 11.6 Å². The number of nitrogens with zero attached hydrogens (tertiary/aromatic N) is 2. The average Bonchev–Trinajstić information content (AvgIpc) is 3.33. The van der Waals surface area contributed by atoms with E-state index in [1.54, 1.807) is 23.1 Å². The summed E-state index contributed by atoms with van der Waals surface area (Å²) < 4.78 is 46.8. The van der Waals surface area contributed by atoms with Crippen LogP contribution in [0.4, 0.5) is 18.9 Å². The van der Waals surface area contributed by atoms with Crippen LogP contribution in [0.2, 0.25) is 5.02 Å². The summed E-state index contributed by atoms with van der Waals surface area (Å²) in [4.78, 5) is 30.0. The zero-order valence-electron chi connectivity index (χ0n) is 24.7. The van der Waals surface area contributed by atoms with Crippen molar-refractivity contribution in [1.82, 2.24) is 10.2 Å². The molecule has 0 bridgehead atoms. The van der Waals surface area contributed by atoms with E-state index in [0.717, 1.165) is 30.2 Å². The molecule has 2 aromatic rings. The molecule has 2 aliphatic rings. The summed E-state index contributed by atoms with van der Waals surface area (Å²) in [6.45, 7) is 10.0. The molecule has 1 N–H and O–H groups in total. The number of hydrogen-bond acceptors (Lipinski definition) is 5. The molecule has 2 heterocycles. The number of hydrogen-bond donors (Lipinski definition) is 1. The summed E-state index contributed by atoms with van der Waals surface area (Å²) >= 11 is 6.02. The van der Waals surface area contributed by atoms with Gasteiger partial charge in [0.25, 0.3) is 0 Å². The number of anilines is 1. The van der Waals surface area contributed by atoms with Gasteiger partial charge < -0.3 is 19.9 Å². The van der Waals surface area contributed by atoms with Crippen LogP contribution in [0.5, 0.6) is 0 Å². The number of amides is 1. The molecule has 4 rings (SSSR count). The van der Waals surface area contributed by atoms with Crippen LogP contribution in [-0.4, -0.2) is 55.6 Å². The predicted octanol–water partition coefficient (Wildman–Crippen LogP) is 6.83. The van der Waals surface area contributed by atoms with E-state index in [4.69, 9.17) is 16.3 Å². The zero-order valence-corrected chi connectivity index (χ0v) is 25.5. The van der Waals surface area contributed by atoms with Gasteiger partial charge in [-0.15, -0.1) is 0 Å². The zero-order chi connectivity index (χ0) is 30.6. The molecular weight excluding hydrogens is 567 g/mol. The first-order chi connectivity index (χ1) is 19.9. The molecule has 230 valence electrons. The first-order valence-corrected chi connectivity index (χ1v) is 15.2. The molecule has 0 saturated carbocycles. The Morgan fingerprint density at radius 2 is 1.74 bits per heavy atom. The molecule has 0 radical (unpaired) electrons. The van der Waals surface area contributed by atoms with Crippen molar-refractivity contribution in [2.45, 2.75) is 71.1 Å². The minimum atomic E-state index is -4.45. The van der Waals surface area contributed by atoms with Crippen molar-refractivity contribution < 1.29 is 27.5 Å². The maximum atomic E-state index is 13.8. The summed E-state index contributed by atoms with van der Waals surface area (Å²) in [6, 6.07) is 11.0. The Kier molecular flexibility index (Phi) is 10.5. The van der Waals surface area contributed by atoms with E-state index in [-0.39, 0.29) is 30.5 Å². The Labute approximate surface area is 251 Å². The Bertz CT molecular complexity index is 1230. The SMILES string of the molecule is CCCC(C)NC(CC(C)C)c1cc(C(F)(F)F)ccc1N1CCN(C(=O)C2C(=O)OCC2c2ccc(Cl)cc2)CC1. The highest BCUT2D eigenvalue weighted by atomic mass is 35.5. The number of carbonyl (C=O) groups is 2. The number of benzene rings is 2. The molecule has 2 aliphatic heterocycles. The fourth-order valence-corrected chi connectivity index (χ4v) is 6.20. The molecule has 0 aromatic heterocycles. The summed E-state index contributed by atoms with van der Waals surface area (Å²) in [7, 11) is 0. The van der Waals surface area contributed by atoms with Gasteiger partial charge in [-0.25, -0.2) is 0 Å². The van der Waals surface area contributed by atoms with Crippen molar-refractivity contribution >= 4 is 29.2 Å². The van der Waals surface area contributed by atoms with Gasteiger partial charge in [-0.2, -0.15) is 13.2 Å². The van der Waals surface area contributed by atoms with Crippen molar-refractivity contribution in [3.8, 4) is 0 Å². The lowest BCUT2D eigenvalue weighted by atomic mass is 9.87. The van der Waals surface area contributed by atoms with Gasteiger partial charge in [-0.05, 0) is 67.1 Å². The number of piperazine rings is 1. The highest BCUT2D eigenvalue weighted by molar-refractivity contribution is 6.30. The molecule has 2 saturated heterocycles. The largest absolute Gasteiger partial charge is 0.464 e. The van der Waals surface area contributed by atoms with Gasteiger partial charge in [0, 0.05) is 54.9 Å². The van der Waals surface area contributed by atoms with Gasteiger partial charge in [0.05, 0.1) is 12.2 Å². The van der Waals surface area contributed by atoms with Crippen LogP contribution in [0.25, 0.3) is 0 Å². The minimum absolute atomic E-state index is 0.131. The highest BCUT2D eigenvalue weighted by Crippen LogP contribution is 2.38. The number of ether oxygens (including phenoxy) is 1. The van der Waals surface area contributed by atoms with Gasteiger partial charge in [-0.1, -0.05) is 50.9 Å². The molecule has 42 heavy (non-hydrogen) atoms. The first-order valence-electron chi connectivity index (χ1n) is 14.8. The third-order valence-electron chi connectivity index (χ3n) is 8.20. The molecule has 0 aliphatic carbocycles. The molecule has 6 nitrogen and oxygen atoms in total. The van der Waals surface area contributed by atoms with Crippen LogP contribution in [0.1, 0.15) is 75.6 Å². The number of alkyl halides is 3. The summed E-state index contributed by atoms with van der Waals surface area (Å²) in [6.07, 6.45) is -1.87. The van der Waals surface area contributed by atoms with Crippen molar-refractivity contribution in [3.05, 3.63) is 64.2 Å². The van der Waals surface area contributed by atoms with Gasteiger partial charge in [0.2, 0.25) is 5.91 Å². The second-order valence-corrected chi connectivity index (χ2v) is 12.3. The van der Waals surface area contributed by atoms with E-state index >= 15 is 0 Å². The Hall–Kier alpha value is -2.78. The lowest BCUT2D eigenvalue weighted by Crippen LogP contribution is -2.52. The van der Waals surface area contributed by atoms with Crippen LogP contribution < -0.4 is 10.2 Å². The van der Waals surface area contributed by atoms with Crippen molar-refractivity contribution in [2.75, 3.05) is 37.7 Å². The molecule has 2 aromatic carbocycles. The minimum Gasteiger partial charge on any atom is -0.464 e. The van der Waals surface area contributed by atoms with Crippen LogP contribution in [0.15, 0.2) is 42.5 Å². The molecule has 10 heteroatoms. The first kappa shape index (κ1) is 32.1. The van der Waals surface area contributed by atoms with Crippen molar-refractivity contribution in [3.63, 3.8) is 0 Å². The number of carbonyl (C=O) groups excluding carboxylic acids is 2. The van der Waals surface area contributed by atoms with E-state index in [1.165, 1.54) is 6.07 Å². The monoisotopic (exact) mass is 607 g/mol. The summed E-state index contributed by atoms with van der Waals surface area (Å²) in [5, 5.41) is 4.16. The number of nitrogens with one attached hydrogen (secondary N) is 1. The normalized spacial score (nSPS) is 21.0. The van der Waals surface area contributed by atoms with Gasteiger partial charge >= 0.3 is 12.1 Å². The van der Waals surface area contributed by atoms with Crippen LogP contribution in [-0.2, 0) is 20.5 Å². The average molecular weight is 608 g/mol. The third-order valence-corrected chi connectivity index (χ3v) is 8.45. The maximum absolute atomic E-state index is 13.8. The van der Waals surface area contributed by atoms with E-state index < -0.39 is 29.5 Å². The highest BCUT2D eigenvalue weighted by Gasteiger charge is 2.45. The third kappa shape index (κ3) is 7.59. The molecule has 0 spiro atoms. The summed E-state index contributed by atoms with van der Waals surface area (Å²) in [5.41, 5.74) is 1.53. The molecule has 4 unspecified atom stereocenters. The van der Waals surface area contributed by atoms with Crippen molar-refractivity contribution in [1.29, 1.82) is 0 Å². The number of esters is 1. The van der Waals surface area contributed by atoms with E-state index in [9.17, 15) is 22.8 Å². The fraction of sp³-hybridized carbons (Fsp3) is 0.562. The molecule has 2 fully saturated rings. The van der Waals surface area contributed by atoms with Crippen LogP contribution in [0.3, 0.4) is 0 Å². The standard InChI is InChI=1S/C32H41ClF3N3O3/c1-5-6-21(4)37-27(17-20(2)3)25-18-23(32(34,35)36)9-12-28(25)38-13-15-39(16-14-38)30(40)29-26(19-42-31(29)41)22-7-10-24(33)11-8-22/h7-12,18,20-21,26-27,29,37H,5-6,13-17,19H2,1-4H3. The molecule has 1 amide bonds. The quantitative estimate of drug-likeness (QED) is 0.237. The summed E-state index contributed by atoms with van der Waals surface area (Å²) in [5.74, 6) is -1.87. The molecular formula is C32H41ClF3N3O3. The topological polar surface area (TPSA) is 61.9 Å². The Morgan fingerprint density at radius 1 is 1.07 bits per heavy atom. The lowest BCUT2D eigenvalue weighted by Gasteiger charge is -2.39. The van der Waals surface area contributed by atoms with Gasteiger partial charge in [0.1, 0.15) is 5.92 Å². The predicted molar refractivity (Wildman–Crippen MR) is 159 cm³/mol. The lowest BCUT2D eigenvalue weighted by molar-refractivity contribution is -0.149.